The molecule has 100 valence electrons. The minimum Gasteiger partial charge on any atom is -0.381 e. The Bertz CT molecular complexity index is 562. The average molecular weight is 322 g/mol. The number of imidazole rings is 1. The quantitative estimate of drug-likeness (QED) is 0.853. The minimum atomic E-state index is 0.487. The molecular weight excluding hydrogens is 306 g/mol. The lowest BCUT2D eigenvalue weighted by Gasteiger charge is -2.21. The van der Waals surface area contributed by atoms with E-state index in [2.05, 4.69) is 38.6 Å². The summed E-state index contributed by atoms with van der Waals surface area (Å²) in [5.74, 6) is 1.62. The topological polar surface area (TPSA) is 39.9 Å². The molecule has 5 heteroatoms. The number of nitrogens with zero attached hydrogens (tertiary/aromatic N) is 3. The van der Waals surface area contributed by atoms with Crippen LogP contribution in [0.2, 0.25) is 0 Å². The third-order valence-corrected chi connectivity index (χ3v) is 4.16. The Morgan fingerprint density at radius 1 is 1.37 bits per heavy atom. The number of halogens is 1. The highest BCUT2D eigenvalue weighted by Crippen LogP contribution is 2.33. The van der Waals surface area contributed by atoms with Crippen molar-refractivity contribution < 1.29 is 4.74 Å². The van der Waals surface area contributed by atoms with Crippen molar-refractivity contribution in [3.8, 4) is 11.3 Å². The molecule has 0 unspecified atom stereocenters. The number of aromatic nitrogens is 3. The number of ether oxygens (including phenoxy) is 1. The van der Waals surface area contributed by atoms with Crippen molar-refractivity contribution in [2.75, 3.05) is 13.2 Å². The first-order valence-electron chi connectivity index (χ1n) is 6.47. The molecule has 0 aromatic carbocycles. The molecule has 0 aliphatic carbocycles. The number of hydrogen-bond donors (Lipinski definition) is 0. The van der Waals surface area contributed by atoms with Crippen molar-refractivity contribution in [3.63, 3.8) is 0 Å². The Kier molecular flexibility index (Phi) is 3.66. The molecule has 4 nitrogen and oxygen atoms in total. The second kappa shape index (κ2) is 5.43. The predicted octanol–water partition coefficient (Wildman–Crippen LogP) is 3.14. The highest BCUT2D eigenvalue weighted by atomic mass is 79.9. The van der Waals surface area contributed by atoms with Crippen molar-refractivity contribution in [1.82, 2.24) is 14.5 Å². The summed E-state index contributed by atoms with van der Waals surface area (Å²) < 4.78 is 8.49. The summed E-state index contributed by atoms with van der Waals surface area (Å²) in [4.78, 5) is 8.89. The van der Waals surface area contributed by atoms with E-state index in [9.17, 15) is 0 Å². The van der Waals surface area contributed by atoms with E-state index >= 15 is 0 Å². The van der Waals surface area contributed by atoms with Crippen LogP contribution in [-0.2, 0) is 11.8 Å². The molecule has 3 rings (SSSR count). The van der Waals surface area contributed by atoms with Crippen LogP contribution in [-0.4, -0.2) is 27.7 Å². The van der Waals surface area contributed by atoms with Crippen molar-refractivity contribution in [3.05, 3.63) is 35.0 Å². The Morgan fingerprint density at radius 2 is 2.16 bits per heavy atom. The number of rotatable bonds is 2. The average Bonchev–Trinajstić information content (AvgIpc) is 2.76. The molecule has 1 saturated heterocycles. The molecule has 0 bridgehead atoms. The molecule has 1 fully saturated rings. The first kappa shape index (κ1) is 12.8. The van der Waals surface area contributed by atoms with Gasteiger partial charge in [0.15, 0.2) is 0 Å². The summed E-state index contributed by atoms with van der Waals surface area (Å²) in [6, 6.07) is 4.01. The van der Waals surface area contributed by atoms with E-state index in [1.54, 1.807) is 6.20 Å². The van der Waals surface area contributed by atoms with Gasteiger partial charge in [0.2, 0.25) is 0 Å². The maximum Gasteiger partial charge on any atom is 0.132 e. The zero-order valence-corrected chi connectivity index (χ0v) is 12.4. The van der Waals surface area contributed by atoms with E-state index in [0.29, 0.717) is 5.92 Å². The van der Waals surface area contributed by atoms with Crippen molar-refractivity contribution in [2.45, 2.75) is 18.8 Å². The van der Waals surface area contributed by atoms with Gasteiger partial charge in [-0.1, -0.05) is 0 Å². The molecule has 3 heterocycles. The molecule has 1 aliphatic rings. The fraction of sp³-hybridized carbons (Fsp3) is 0.429. The number of pyridine rings is 1. The second-order valence-corrected chi connectivity index (χ2v) is 5.55. The summed E-state index contributed by atoms with van der Waals surface area (Å²) in [5.41, 5.74) is 2.18. The molecule has 0 saturated carbocycles. The lowest BCUT2D eigenvalue weighted by Crippen LogP contribution is -2.17. The molecule has 0 amide bonds. The largest absolute Gasteiger partial charge is 0.381 e. The molecule has 0 radical (unpaired) electrons. The van der Waals surface area contributed by atoms with Crippen LogP contribution in [0.15, 0.2) is 29.1 Å². The van der Waals surface area contributed by atoms with Crippen LogP contribution in [0.25, 0.3) is 11.3 Å². The van der Waals surface area contributed by atoms with Crippen LogP contribution in [0.3, 0.4) is 0 Å². The summed E-state index contributed by atoms with van der Waals surface area (Å²) in [7, 11) is 2.07. The number of hydrogen-bond acceptors (Lipinski definition) is 3. The summed E-state index contributed by atoms with van der Waals surface area (Å²) in [5, 5.41) is 0. The zero-order valence-electron chi connectivity index (χ0n) is 10.8. The first-order chi connectivity index (χ1) is 9.27. The third kappa shape index (κ3) is 2.44. The van der Waals surface area contributed by atoms with Gasteiger partial charge >= 0.3 is 0 Å². The van der Waals surface area contributed by atoms with Gasteiger partial charge in [-0.2, -0.15) is 0 Å². The van der Waals surface area contributed by atoms with Crippen LogP contribution in [0, 0.1) is 0 Å². The van der Waals surface area contributed by atoms with Crippen LogP contribution in [0.5, 0.6) is 0 Å². The predicted molar refractivity (Wildman–Crippen MR) is 76.9 cm³/mol. The lowest BCUT2D eigenvalue weighted by molar-refractivity contribution is 0.0830. The summed E-state index contributed by atoms with van der Waals surface area (Å²) in [6.07, 6.45) is 5.75. The zero-order chi connectivity index (χ0) is 13.2. The van der Waals surface area contributed by atoms with Gasteiger partial charge in [0.1, 0.15) is 10.4 Å². The minimum absolute atomic E-state index is 0.487. The smallest absolute Gasteiger partial charge is 0.132 e. The van der Waals surface area contributed by atoms with Crippen LogP contribution in [0.4, 0.5) is 0 Å². The van der Waals surface area contributed by atoms with Crippen LogP contribution >= 0.6 is 15.9 Å². The highest BCUT2D eigenvalue weighted by Gasteiger charge is 2.23. The van der Waals surface area contributed by atoms with Gasteiger partial charge in [-0.15, -0.1) is 0 Å². The van der Waals surface area contributed by atoms with Gasteiger partial charge in [0, 0.05) is 44.1 Å². The third-order valence-electron chi connectivity index (χ3n) is 3.61. The Morgan fingerprint density at radius 3 is 2.84 bits per heavy atom. The molecule has 0 spiro atoms. The van der Waals surface area contributed by atoms with Crippen molar-refractivity contribution >= 4 is 15.9 Å². The SMILES string of the molecule is Cn1c(C2CCOCC2)nc(Br)c1-c1cccnc1. The maximum atomic E-state index is 5.42. The van der Waals surface area contributed by atoms with E-state index < -0.39 is 0 Å². The monoisotopic (exact) mass is 321 g/mol. The summed E-state index contributed by atoms with van der Waals surface area (Å²) in [6.45, 7) is 1.66. The fourth-order valence-corrected chi connectivity index (χ4v) is 3.29. The Labute approximate surface area is 121 Å². The van der Waals surface area contributed by atoms with Crippen LogP contribution < -0.4 is 0 Å². The van der Waals surface area contributed by atoms with E-state index in [0.717, 1.165) is 47.7 Å². The van der Waals surface area contributed by atoms with Crippen molar-refractivity contribution in [1.29, 1.82) is 0 Å². The normalized spacial score (nSPS) is 16.7. The molecule has 1 aliphatic heterocycles. The second-order valence-electron chi connectivity index (χ2n) is 4.80. The van der Waals surface area contributed by atoms with Gasteiger partial charge in [-0.25, -0.2) is 4.98 Å². The first-order valence-corrected chi connectivity index (χ1v) is 7.27. The van der Waals surface area contributed by atoms with E-state index in [4.69, 9.17) is 9.72 Å². The van der Waals surface area contributed by atoms with Gasteiger partial charge in [-0.05, 0) is 40.9 Å². The van der Waals surface area contributed by atoms with Gasteiger partial charge < -0.3 is 9.30 Å². The lowest BCUT2D eigenvalue weighted by atomic mass is 9.99. The molecular formula is C14H16BrN3O. The van der Waals surface area contributed by atoms with Gasteiger partial charge in [-0.3, -0.25) is 4.98 Å². The summed E-state index contributed by atoms with van der Waals surface area (Å²) >= 11 is 3.58. The molecule has 19 heavy (non-hydrogen) atoms. The van der Waals surface area contributed by atoms with E-state index in [1.165, 1.54) is 0 Å². The van der Waals surface area contributed by atoms with E-state index in [1.807, 2.05) is 12.3 Å². The Balaban J connectivity index is 2.00. The highest BCUT2D eigenvalue weighted by molar-refractivity contribution is 9.10. The van der Waals surface area contributed by atoms with Gasteiger partial charge in [0.25, 0.3) is 0 Å². The molecule has 0 atom stereocenters. The van der Waals surface area contributed by atoms with E-state index in [-0.39, 0.29) is 0 Å². The maximum absolute atomic E-state index is 5.42. The van der Waals surface area contributed by atoms with Crippen LogP contribution in [0.1, 0.15) is 24.6 Å². The molecule has 0 N–H and O–H groups in total. The fourth-order valence-electron chi connectivity index (χ4n) is 2.62. The molecule has 2 aromatic rings. The van der Waals surface area contributed by atoms with Gasteiger partial charge in [0.05, 0.1) is 5.69 Å². The molecule has 2 aromatic heterocycles. The standard InChI is InChI=1S/C14H16BrN3O/c1-18-12(11-3-2-6-16-9-11)13(15)17-14(18)10-4-7-19-8-5-10/h2-3,6,9-10H,4-5,7-8H2,1H3. The van der Waals surface area contributed by atoms with Crippen molar-refractivity contribution in [2.24, 2.45) is 7.05 Å². The Hall–Kier alpha value is -1.20.